The average molecular weight is 432 g/mol. The van der Waals surface area contributed by atoms with Crippen molar-refractivity contribution in [2.24, 2.45) is 0 Å². The fraction of sp³-hybridized carbons (Fsp3) is 0.231. The molecule has 1 heterocycles. The fourth-order valence-electron chi connectivity index (χ4n) is 3.36. The molecular formula is C26H24O6. The second kappa shape index (κ2) is 10.6. The Morgan fingerprint density at radius 3 is 2.22 bits per heavy atom. The molecule has 0 saturated carbocycles. The number of benzene rings is 3. The highest BCUT2D eigenvalue weighted by atomic mass is 16.6. The Hall–Kier alpha value is -3.64. The van der Waals surface area contributed by atoms with Gasteiger partial charge in [0.1, 0.15) is 18.1 Å². The molecule has 0 bridgehead atoms. The Bertz CT molecular complexity index is 1020. The van der Waals surface area contributed by atoms with E-state index < -0.39 is 11.9 Å². The van der Waals surface area contributed by atoms with Crippen molar-refractivity contribution in [1.82, 2.24) is 0 Å². The summed E-state index contributed by atoms with van der Waals surface area (Å²) in [6.45, 7) is 0.736. The molecule has 0 amide bonds. The Kier molecular flexibility index (Phi) is 7.15. The van der Waals surface area contributed by atoms with E-state index in [4.69, 9.17) is 18.9 Å². The minimum Gasteiger partial charge on any atom is -0.482 e. The number of carbonyl (C=O) groups is 2. The second-order valence-electron chi connectivity index (χ2n) is 7.41. The third kappa shape index (κ3) is 5.95. The van der Waals surface area contributed by atoms with Gasteiger partial charge in [0.05, 0.1) is 11.7 Å². The van der Waals surface area contributed by atoms with Crippen molar-refractivity contribution < 1.29 is 28.5 Å². The number of esters is 2. The van der Waals surface area contributed by atoms with Crippen LogP contribution in [0.15, 0.2) is 78.9 Å². The van der Waals surface area contributed by atoms with Crippen LogP contribution in [-0.4, -0.2) is 37.9 Å². The van der Waals surface area contributed by atoms with E-state index in [0.717, 1.165) is 24.0 Å². The third-order valence-corrected chi connectivity index (χ3v) is 5.06. The van der Waals surface area contributed by atoms with Gasteiger partial charge in [-0.3, -0.25) is 0 Å². The highest BCUT2D eigenvalue weighted by Crippen LogP contribution is 2.22. The molecule has 0 aromatic heterocycles. The molecule has 6 heteroatoms. The summed E-state index contributed by atoms with van der Waals surface area (Å²) in [5.74, 6) is -0.0637. The zero-order chi connectivity index (χ0) is 22.2. The van der Waals surface area contributed by atoms with Gasteiger partial charge < -0.3 is 18.9 Å². The van der Waals surface area contributed by atoms with Crippen molar-refractivity contribution >= 4 is 11.9 Å². The molecule has 0 spiro atoms. The first-order valence-electron chi connectivity index (χ1n) is 10.5. The van der Waals surface area contributed by atoms with Gasteiger partial charge in [-0.25, -0.2) is 9.59 Å². The molecule has 1 unspecified atom stereocenters. The van der Waals surface area contributed by atoms with Crippen molar-refractivity contribution in [3.63, 3.8) is 0 Å². The summed E-state index contributed by atoms with van der Waals surface area (Å²) in [5, 5.41) is 0. The van der Waals surface area contributed by atoms with Crippen molar-refractivity contribution in [3.8, 4) is 22.6 Å². The molecule has 3 aromatic rings. The maximum Gasteiger partial charge on any atom is 0.349 e. The smallest absolute Gasteiger partial charge is 0.349 e. The van der Waals surface area contributed by atoms with Gasteiger partial charge in [0.2, 0.25) is 0 Å². The average Bonchev–Trinajstić information content (AvgIpc) is 3.36. The fourth-order valence-corrected chi connectivity index (χ4v) is 3.36. The van der Waals surface area contributed by atoms with E-state index in [1.165, 1.54) is 0 Å². The summed E-state index contributed by atoms with van der Waals surface area (Å²) < 4.78 is 21.5. The molecule has 1 aliphatic heterocycles. The lowest BCUT2D eigenvalue weighted by molar-refractivity contribution is -0.136. The number of rotatable bonds is 8. The van der Waals surface area contributed by atoms with Gasteiger partial charge >= 0.3 is 11.9 Å². The summed E-state index contributed by atoms with van der Waals surface area (Å²) in [7, 11) is 0. The monoisotopic (exact) mass is 432 g/mol. The van der Waals surface area contributed by atoms with Gasteiger partial charge in [-0.1, -0.05) is 42.5 Å². The molecule has 164 valence electrons. The predicted octanol–water partition coefficient (Wildman–Crippen LogP) is 4.67. The SMILES string of the molecule is O=C(COc1ccc(-c2ccccc2)cc1)Oc1ccc(C(=O)OCC2CCCO2)cc1. The van der Waals surface area contributed by atoms with E-state index in [-0.39, 0.29) is 19.3 Å². The molecule has 1 fully saturated rings. The molecule has 3 aromatic carbocycles. The maximum absolute atomic E-state index is 12.1. The summed E-state index contributed by atoms with van der Waals surface area (Å²) >= 11 is 0. The topological polar surface area (TPSA) is 71.1 Å². The molecule has 0 N–H and O–H groups in total. The molecular weight excluding hydrogens is 408 g/mol. The first kappa shape index (κ1) is 21.6. The van der Waals surface area contributed by atoms with Crippen molar-refractivity contribution in [2.75, 3.05) is 19.8 Å². The zero-order valence-electron chi connectivity index (χ0n) is 17.6. The second-order valence-corrected chi connectivity index (χ2v) is 7.41. The van der Waals surface area contributed by atoms with Gasteiger partial charge in [0.25, 0.3) is 0 Å². The lowest BCUT2D eigenvalue weighted by Gasteiger charge is -2.10. The predicted molar refractivity (Wildman–Crippen MR) is 119 cm³/mol. The van der Waals surface area contributed by atoms with Crippen molar-refractivity contribution in [1.29, 1.82) is 0 Å². The van der Waals surface area contributed by atoms with Crippen LogP contribution in [0.2, 0.25) is 0 Å². The van der Waals surface area contributed by atoms with Crippen LogP contribution in [0.4, 0.5) is 0 Å². The molecule has 6 nitrogen and oxygen atoms in total. The zero-order valence-corrected chi connectivity index (χ0v) is 17.6. The van der Waals surface area contributed by atoms with Crippen LogP contribution in [0, 0.1) is 0 Å². The van der Waals surface area contributed by atoms with Crippen LogP contribution < -0.4 is 9.47 Å². The summed E-state index contributed by atoms with van der Waals surface area (Å²) in [6, 6.07) is 23.7. The number of carbonyl (C=O) groups excluding carboxylic acids is 2. The van der Waals surface area contributed by atoms with E-state index in [9.17, 15) is 9.59 Å². The largest absolute Gasteiger partial charge is 0.482 e. The first-order valence-corrected chi connectivity index (χ1v) is 10.5. The maximum atomic E-state index is 12.1. The van der Waals surface area contributed by atoms with Gasteiger partial charge in [0, 0.05) is 6.61 Å². The van der Waals surface area contributed by atoms with Gasteiger partial charge in [0.15, 0.2) is 6.61 Å². The highest BCUT2D eigenvalue weighted by molar-refractivity contribution is 5.89. The quantitative estimate of drug-likeness (QED) is 0.380. The Labute approximate surface area is 186 Å². The lowest BCUT2D eigenvalue weighted by atomic mass is 10.1. The van der Waals surface area contributed by atoms with Crippen LogP contribution >= 0.6 is 0 Å². The van der Waals surface area contributed by atoms with E-state index in [0.29, 0.717) is 23.7 Å². The minimum atomic E-state index is -0.536. The summed E-state index contributed by atoms with van der Waals surface area (Å²) in [5.41, 5.74) is 2.56. The molecule has 1 atom stereocenters. The van der Waals surface area contributed by atoms with E-state index >= 15 is 0 Å². The van der Waals surface area contributed by atoms with Crippen LogP contribution in [-0.2, 0) is 14.3 Å². The molecule has 0 aliphatic carbocycles. The van der Waals surface area contributed by atoms with E-state index in [1.54, 1.807) is 24.3 Å². The number of hydrogen-bond donors (Lipinski definition) is 0. The normalized spacial score (nSPS) is 15.2. The standard InChI is InChI=1S/C26H24O6/c27-25(18-30-22-12-8-20(9-13-22)19-5-2-1-3-6-19)32-23-14-10-21(11-15-23)26(28)31-17-24-7-4-16-29-24/h1-3,5-6,8-15,24H,4,7,16-18H2. The molecule has 0 radical (unpaired) electrons. The lowest BCUT2D eigenvalue weighted by Crippen LogP contribution is -2.18. The molecule has 4 rings (SSSR count). The Morgan fingerprint density at radius 1 is 0.844 bits per heavy atom. The van der Waals surface area contributed by atoms with Gasteiger partial charge in [-0.05, 0) is 60.4 Å². The Morgan fingerprint density at radius 2 is 1.53 bits per heavy atom. The van der Waals surface area contributed by atoms with E-state index in [2.05, 4.69) is 0 Å². The van der Waals surface area contributed by atoms with E-state index in [1.807, 2.05) is 54.6 Å². The van der Waals surface area contributed by atoms with Crippen LogP contribution in [0.25, 0.3) is 11.1 Å². The third-order valence-electron chi connectivity index (χ3n) is 5.06. The molecule has 1 saturated heterocycles. The van der Waals surface area contributed by atoms with Crippen molar-refractivity contribution in [2.45, 2.75) is 18.9 Å². The summed E-state index contributed by atoms with van der Waals surface area (Å²) in [6.07, 6.45) is 1.88. The first-order chi connectivity index (χ1) is 15.7. The number of ether oxygens (including phenoxy) is 4. The Balaban J connectivity index is 1.23. The van der Waals surface area contributed by atoms with Crippen LogP contribution in [0.1, 0.15) is 23.2 Å². The van der Waals surface area contributed by atoms with Crippen LogP contribution in [0.5, 0.6) is 11.5 Å². The number of hydrogen-bond acceptors (Lipinski definition) is 6. The van der Waals surface area contributed by atoms with Gasteiger partial charge in [-0.15, -0.1) is 0 Å². The summed E-state index contributed by atoms with van der Waals surface area (Å²) in [4.78, 5) is 24.2. The van der Waals surface area contributed by atoms with Crippen molar-refractivity contribution in [3.05, 3.63) is 84.4 Å². The van der Waals surface area contributed by atoms with Crippen LogP contribution in [0.3, 0.4) is 0 Å². The highest BCUT2D eigenvalue weighted by Gasteiger charge is 2.18. The molecule has 1 aliphatic rings. The van der Waals surface area contributed by atoms with Gasteiger partial charge in [-0.2, -0.15) is 0 Å². The molecule has 32 heavy (non-hydrogen) atoms. The minimum absolute atomic E-state index is 0.0197.